The van der Waals surface area contributed by atoms with Gasteiger partial charge in [-0.3, -0.25) is 4.90 Å². The van der Waals surface area contributed by atoms with E-state index in [1.807, 2.05) is 49.2 Å². The van der Waals surface area contributed by atoms with Crippen molar-refractivity contribution in [1.29, 1.82) is 0 Å². The van der Waals surface area contributed by atoms with Crippen LogP contribution in [0, 0.1) is 6.92 Å². The molecule has 0 unspecified atom stereocenters. The fraction of sp³-hybridized carbons (Fsp3) is 0.316. The Morgan fingerprint density at radius 2 is 2.00 bits per heavy atom. The number of aryl methyl sites for hydroxylation is 1. The Bertz CT molecular complexity index is 793. The molecule has 0 fully saturated rings. The summed E-state index contributed by atoms with van der Waals surface area (Å²) < 4.78 is 16.2. The summed E-state index contributed by atoms with van der Waals surface area (Å²) in [5, 5.41) is 9.85. The lowest BCUT2D eigenvalue weighted by Gasteiger charge is -2.26. The molecule has 0 bridgehead atoms. The van der Waals surface area contributed by atoms with Crippen LogP contribution < -0.4 is 4.74 Å². The third-order valence-corrected chi connectivity index (χ3v) is 4.23. The maximum Gasteiger partial charge on any atom is 0.263 e. The second-order valence-electron chi connectivity index (χ2n) is 5.89. The van der Waals surface area contributed by atoms with Crippen molar-refractivity contribution in [2.75, 3.05) is 20.8 Å². The summed E-state index contributed by atoms with van der Waals surface area (Å²) >= 11 is 0. The Hall–Kier alpha value is -2.57. The lowest BCUT2D eigenvalue weighted by atomic mass is 10.1. The SMILES string of the molecule is COc1ccc([C@@H](CO)N(C)Cc2nc(-c3ccco3)oc2C)cc1. The second kappa shape index (κ2) is 7.55. The van der Waals surface area contributed by atoms with E-state index in [4.69, 9.17) is 13.6 Å². The summed E-state index contributed by atoms with van der Waals surface area (Å²) in [4.78, 5) is 6.57. The van der Waals surface area contributed by atoms with Crippen molar-refractivity contribution in [2.24, 2.45) is 0 Å². The highest BCUT2D eigenvalue weighted by atomic mass is 16.5. The van der Waals surface area contributed by atoms with Crippen molar-refractivity contribution in [3.63, 3.8) is 0 Å². The van der Waals surface area contributed by atoms with E-state index in [0.29, 0.717) is 18.2 Å². The zero-order chi connectivity index (χ0) is 17.8. The van der Waals surface area contributed by atoms with Crippen LogP contribution in [0.4, 0.5) is 0 Å². The minimum atomic E-state index is -0.144. The van der Waals surface area contributed by atoms with Gasteiger partial charge in [-0.05, 0) is 43.8 Å². The molecule has 1 aromatic carbocycles. The largest absolute Gasteiger partial charge is 0.497 e. The van der Waals surface area contributed by atoms with Gasteiger partial charge in [-0.2, -0.15) is 0 Å². The number of aliphatic hydroxyl groups is 1. The first-order valence-electron chi connectivity index (χ1n) is 8.07. The highest BCUT2D eigenvalue weighted by molar-refractivity contribution is 5.44. The minimum Gasteiger partial charge on any atom is -0.497 e. The summed E-state index contributed by atoms with van der Waals surface area (Å²) in [6, 6.07) is 11.2. The number of likely N-dealkylation sites (N-methyl/N-ethyl adjacent to an activating group) is 1. The molecule has 6 nitrogen and oxygen atoms in total. The highest BCUT2D eigenvalue weighted by Crippen LogP contribution is 2.26. The average molecular weight is 342 g/mol. The Balaban J connectivity index is 1.76. The van der Waals surface area contributed by atoms with Crippen molar-refractivity contribution < 1.29 is 18.7 Å². The van der Waals surface area contributed by atoms with Gasteiger partial charge in [-0.25, -0.2) is 4.98 Å². The number of benzene rings is 1. The van der Waals surface area contributed by atoms with Crippen molar-refractivity contribution in [2.45, 2.75) is 19.5 Å². The standard InChI is InChI=1S/C19H22N2O4/c1-13-16(20-19(25-13)18-5-4-10-24-18)11-21(2)17(12-22)14-6-8-15(23-3)9-7-14/h4-10,17,22H,11-12H2,1-3H3/t17-/m1/s1. The number of oxazole rings is 1. The quantitative estimate of drug-likeness (QED) is 0.709. The predicted octanol–water partition coefficient (Wildman–Crippen LogP) is 3.42. The van der Waals surface area contributed by atoms with Crippen LogP contribution in [0.1, 0.15) is 23.1 Å². The third kappa shape index (κ3) is 3.75. The molecule has 1 N–H and O–H groups in total. The summed E-state index contributed by atoms with van der Waals surface area (Å²) in [5.74, 6) is 2.60. The molecule has 0 aliphatic heterocycles. The highest BCUT2D eigenvalue weighted by Gasteiger charge is 2.20. The van der Waals surface area contributed by atoms with Crippen LogP contribution in [0.5, 0.6) is 5.75 Å². The fourth-order valence-corrected chi connectivity index (χ4v) is 2.75. The van der Waals surface area contributed by atoms with E-state index in [2.05, 4.69) is 4.98 Å². The van der Waals surface area contributed by atoms with Gasteiger partial charge in [-0.1, -0.05) is 12.1 Å². The first-order valence-corrected chi connectivity index (χ1v) is 8.07. The number of furan rings is 1. The van der Waals surface area contributed by atoms with E-state index in [9.17, 15) is 5.11 Å². The minimum absolute atomic E-state index is 0.00473. The molecule has 0 saturated heterocycles. The smallest absolute Gasteiger partial charge is 0.263 e. The topological polar surface area (TPSA) is 71.9 Å². The number of ether oxygens (including phenoxy) is 1. The average Bonchev–Trinajstić information content (AvgIpc) is 3.27. The number of aliphatic hydroxyl groups excluding tert-OH is 1. The Labute approximate surface area is 146 Å². The maximum atomic E-state index is 9.85. The van der Waals surface area contributed by atoms with Gasteiger partial charge in [0.05, 0.1) is 31.7 Å². The van der Waals surface area contributed by atoms with Gasteiger partial charge in [0.2, 0.25) is 0 Å². The second-order valence-corrected chi connectivity index (χ2v) is 5.89. The molecule has 0 radical (unpaired) electrons. The molecule has 2 heterocycles. The van der Waals surface area contributed by atoms with Gasteiger partial charge in [0.25, 0.3) is 5.89 Å². The Kier molecular flexibility index (Phi) is 5.21. The molecule has 1 atom stereocenters. The summed E-state index contributed by atoms with van der Waals surface area (Å²) in [5.41, 5.74) is 1.83. The van der Waals surface area contributed by atoms with E-state index < -0.39 is 0 Å². The molecular formula is C19H22N2O4. The lowest BCUT2D eigenvalue weighted by Crippen LogP contribution is -2.27. The zero-order valence-corrected chi connectivity index (χ0v) is 14.6. The van der Waals surface area contributed by atoms with Crippen molar-refractivity contribution >= 4 is 0 Å². The van der Waals surface area contributed by atoms with Crippen LogP contribution in [-0.2, 0) is 6.54 Å². The molecule has 132 valence electrons. The van der Waals surface area contributed by atoms with Crippen molar-refractivity contribution in [3.8, 4) is 17.4 Å². The first kappa shape index (κ1) is 17.3. The van der Waals surface area contributed by atoms with E-state index in [-0.39, 0.29) is 12.6 Å². The molecule has 2 aromatic heterocycles. The molecule has 0 spiro atoms. The molecule has 0 amide bonds. The van der Waals surface area contributed by atoms with E-state index in [1.165, 1.54) is 0 Å². The van der Waals surface area contributed by atoms with Gasteiger partial charge in [0, 0.05) is 6.54 Å². The zero-order valence-electron chi connectivity index (χ0n) is 14.6. The van der Waals surface area contributed by atoms with Crippen LogP contribution in [0.25, 0.3) is 11.7 Å². The maximum absolute atomic E-state index is 9.85. The summed E-state index contributed by atoms with van der Waals surface area (Å²) in [6.45, 7) is 2.43. The van der Waals surface area contributed by atoms with Crippen LogP contribution in [0.3, 0.4) is 0 Å². The van der Waals surface area contributed by atoms with E-state index in [1.54, 1.807) is 19.4 Å². The van der Waals surface area contributed by atoms with Gasteiger partial charge < -0.3 is 18.7 Å². The molecule has 0 aliphatic carbocycles. The number of methoxy groups -OCH3 is 1. The number of rotatable bonds is 7. The first-order chi connectivity index (χ1) is 12.1. The number of nitrogens with zero attached hydrogens (tertiary/aromatic N) is 2. The van der Waals surface area contributed by atoms with Gasteiger partial charge in [0.15, 0.2) is 5.76 Å². The number of hydrogen-bond donors (Lipinski definition) is 1. The molecule has 0 aliphatic rings. The third-order valence-electron chi connectivity index (χ3n) is 4.23. The van der Waals surface area contributed by atoms with Gasteiger partial charge >= 0.3 is 0 Å². The Morgan fingerprint density at radius 3 is 2.60 bits per heavy atom. The van der Waals surface area contributed by atoms with Crippen LogP contribution in [0.15, 0.2) is 51.5 Å². The lowest BCUT2D eigenvalue weighted by molar-refractivity contribution is 0.141. The van der Waals surface area contributed by atoms with Crippen molar-refractivity contribution in [1.82, 2.24) is 9.88 Å². The molecular weight excluding hydrogens is 320 g/mol. The fourth-order valence-electron chi connectivity index (χ4n) is 2.75. The summed E-state index contributed by atoms with van der Waals surface area (Å²) in [6.07, 6.45) is 1.59. The molecule has 6 heteroatoms. The van der Waals surface area contributed by atoms with E-state index >= 15 is 0 Å². The van der Waals surface area contributed by atoms with E-state index in [0.717, 1.165) is 22.8 Å². The summed E-state index contributed by atoms with van der Waals surface area (Å²) in [7, 11) is 3.58. The van der Waals surface area contributed by atoms with Crippen LogP contribution in [0.2, 0.25) is 0 Å². The molecule has 0 saturated carbocycles. The molecule has 3 rings (SSSR count). The number of aromatic nitrogens is 1. The van der Waals surface area contributed by atoms with Crippen LogP contribution >= 0.6 is 0 Å². The van der Waals surface area contributed by atoms with Gasteiger partial charge in [0.1, 0.15) is 11.5 Å². The Morgan fingerprint density at radius 1 is 1.24 bits per heavy atom. The van der Waals surface area contributed by atoms with Gasteiger partial charge in [-0.15, -0.1) is 0 Å². The molecule has 3 aromatic rings. The number of hydrogen-bond acceptors (Lipinski definition) is 6. The normalized spacial score (nSPS) is 12.5. The predicted molar refractivity (Wildman–Crippen MR) is 93.2 cm³/mol. The van der Waals surface area contributed by atoms with Crippen molar-refractivity contribution in [3.05, 3.63) is 59.7 Å². The molecule has 25 heavy (non-hydrogen) atoms. The van der Waals surface area contributed by atoms with Crippen LogP contribution in [-0.4, -0.2) is 35.8 Å². The monoisotopic (exact) mass is 342 g/mol.